The van der Waals surface area contributed by atoms with Crippen LogP contribution in [0.1, 0.15) is 63.6 Å². The summed E-state index contributed by atoms with van der Waals surface area (Å²) in [5.41, 5.74) is -0.644. The lowest BCUT2D eigenvalue weighted by Gasteiger charge is -2.32. The smallest absolute Gasteiger partial charge is 0.333 e. The first-order valence-electron chi connectivity index (χ1n) is 13.8. The summed E-state index contributed by atoms with van der Waals surface area (Å²) in [6.45, 7) is 1.74. The predicted octanol–water partition coefficient (Wildman–Crippen LogP) is 4.29. The van der Waals surface area contributed by atoms with Crippen LogP contribution in [-0.2, 0) is 4.79 Å². The summed E-state index contributed by atoms with van der Waals surface area (Å²) in [5, 5.41) is 15.4. The Bertz CT molecular complexity index is 1700. The number of nitrogens with zero attached hydrogens (tertiary/aromatic N) is 4. The molecule has 4 aromatic rings. The van der Waals surface area contributed by atoms with Crippen molar-refractivity contribution in [3.63, 3.8) is 0 Å². The molecule has 6 rings (SSSR count). The average Bonchev–Trinajstić information content (AvgIpc) is 3.31. The van der Waals surface area contributed by atoms with Crippen molar-refractivity contribution in [1.82, 2.24) is 24.0 Å². The minimum Gasteiger partial charge on any atom is -0.494 e. The lowest BCUT2D eigenvalue weighted by atomic mass is 9.90. The van der Waals surface area contributed by atoms with E-state index in [-0.39, 0.29) is 46.6 Å². The van der Waals surface area contributed by atoms with Gasteiger partial charge < -0.3 is 15.0 Å². The molecule has 11 heteroatoms. The molecule has 3 aromatic heterocycles. The molecular weight excluding hydrogens is 533 g/mol. The zero-order chi connectivity index (χ0) is 28.0. The number of halogens is 1. The van der Waals surface area contributed by atoms with Crippen molar-refractivity contribution in [2.75, 3.05) is 11.5 Å². The Kier molecular flexibility index (Phi) is 7.16. The standard InChI is InChI=1S/C29H32FN5O4S/c1-17(33-16-18-4-2-3-5-23(18)27(33)37)26(36)32-20-6-8-21(9-7-20)35-28(38)24-14-19(30)15-31-25(24)34(29(35)39)22-10-12-40-13-11-22/h2-5,14-17,20-22,37H,6-13H2,1H3,(H,32,36). The Morgan fingerprint density at radius 2 is 1.75 bits per heavy atom. The van der Waals surface area contributed by atoms with Crippen LogP contribution in [0.15, 0.2) is 52.3 Å². The Labute approximate surface area is 234 Å². The number of nitrogens with one attached hydrogen (secondary N) is 1. The van der Waals surface area contributed by atoms with Crippen LogP contribution in [0.3, 0.4) is 0 Å². The highest BCUT2D eigenvalue weighted by Gasteiger charge is 2.30. The molecule has 1 saturated carbocycles. The van der Waals surface area contributed by atoms with Crippen molar-refractivity contribution >= 4 is 39.5 Å². The van der Waals surface area contributed by atoms with Crippen molar-refractivity contribution in [1.29, 1.82) is 0 Å². The van der Waals surface area contributed by atoms with Crippen LogP contribution in [-0.4, -0.2) is 47.2 Å². The summed E-state index contributed by atoms with van der Waals surface area (Å²) in [6, 6.07) is 7.44. The van der Waals surface area contributed by atoms with Crippen molar-refractivity contribution < 1.29 is 14.3 Å². The highest BCUT2D eigenvalue weighted by molar-refractivity contribution is 7.99. The number of amides is 1. The maximum atomic E-state index is 14.2. The van der Waals surface area contributed by atoms with Crippen molar-refractivity contribution in [2.24, 2.45) is 0 Å². The van der Waals surface area contributed by atoms with Gasteiger partial charge in [0.15, 0.2) is 5.88 Å². The molecule has 1 saturated heterocycles. The molecule has 1 aliphatic heterocycles. The van der Waals surface area contributed by atoms with E-state index in [1.807, 2.05) is 36.0 Å². The molecule has 1 unspecified atom stereocenters. The van der Waals surface area contributed by atoms with Gasteiger partial charge in [-0.25, -0.2) is 14.2 Å². The van der Waals surface area contributed by atoms with Crippen LogP contribution in [0.2, 0.25) is 0 Å². The first kappa shape index (κ1) is 26.6. The van der Waals surface area contributed by atoms with E-state index >= 15 is 0 Å². The summed E-state index contributed by atoms with van der Waals surface area (Å²) in [4.78, 5) is 44.6. The fourth-order valence-corrected chi connectivity index (χ4v) is 7.27. The second-order valence-corrected chi connectivity index (χ2v) is 12.1. The maximum absolute atomic E-state index is 14.2. The Balaban J connectivity index is 1.22. The summed E-state index contributed by atoms with van der Waals surface area (Å²) in [5.74, 6) is 1.07. The highest BCUT2D eigenvalue weighted by atomic mass is 32.2. The summed E-state index contributed by atoms with van der Waals surface area (Å²) >= 11 is 1.84. The lowest BCUT2D eigenvalue weighted by molar-refractivity contribution is -0.125. The lowest BCUT2D eigenvalue weighted by Crippen LogP contribution is -2.47. The van der Waals surface area contributed by atoms with Gasteiger partial charge >= 0.3 is 5.69 Å². The fourth-order valence-electron chi connectivity index (χ4n) is 6.18. The van der Waals surface area contributed by atoms with Crippen LogP contribution in [0.4, 0.5) is 4.39 Å². The first-order valence-corrected chi connectivity index (χ1v) is 15.0. The zero-order valence-corrected chi connectivity index (χ0v) is 23.1. The van der Waals surface area contributed by atoms with Crippen molar-refractivity contribution in [3.8, 4) is 5.88 Å². The molecule has 2 aliphatic rings. The number of carbonyl (C=O) groups is 1. The van der Waals surface area contributed by atoms with E-state index in [0.29, 0.717) is 31.1 Å². The van der Waals surface area contributed by atoms with E-state index < -0.39 is 17.4 Å². The highest BCUT2D eigenvalue weighted by Crippen LogP contribution is 2.32. The number of thioether (sulfide) groups is 1. The minimum absolute atomic E-state index is 0.0522. The summed E-state index contributed by atoms with van der Waals surface area (Å²) in [7, 11) is 0. The third kappa shape index (κ3) is 4.70. The van der Waals surface area contributed by atoms with Crippen molar-refractivity contribution in [2.45, 2.75) is 69.6 Å². The number of carbonyl (C=O) groups excluding carboxylic acids is 1. The molecule has 2 N–H and O–H groups in total. The van der Waals surface area contributed by atoms with Crippen LogP contribution < -0.4 is 16.6 Å². The van der Waals surface area contributed by atoms with Gasteiger partial charge in [-0.3, -0.25) is 18.7 Å². The van der Waals surface area contributed by atoms with Gasteiger partial charge in [0.05, 0.1) is 11.6 Å². The van der Waals surface area contributed by atoms with Gasteiger partial charge in [-0.2, -0.15) is 11.8 Å². The number of hydrogen-bond acceptors (Lipinski definition) is 6. The molecule has 0 bridgehead atoms. The quantitative estimate of drug-likeness (QED) is 0.374. The number of aromatic nitrogens is 4. The topological polar surface area (TPSA) is 111 Å². The molecule has 2 fully saturated rings. The van der Waals surface area contributed by atoms with Crippen LogP contribution >= 0.6 is 11.8 Å². The SMILES string of the molecule is CC(C(=O)NC1CCC(n2c(=O)c3cc(F)cnc3n(C3CCSCC3)c2=O)CC1)n1cc2ccccc2c1O. The van der Waals surface area contributed by atoms with Gasteiger partial charge in [0.2, 0.25) is 5.91 Å². The average molecular weight is 566 g/mol. The monoisotopic (exact) mass is 565 g/mol. The van der Waals surface area contributed by atoms with E-state index in [4.69, 9.17) is 0 Å². The molecule has 1 atom stereocenters. The molecule has 40 heavy (non-hydrogen) atoms. The Hall–Kier alpha value is -3.60. The molecule has 9 nitrogen and oxygen atoms in total. The molecule has 210 valence electrons. The van der Waals surface area contributed by atoms with E-state index in [9.17, 15) is 23.9 Å². The molecule has 1 aromatic carbocycles. The van der Waals surface area contributed by atoms with Gasteiger partial charge in [-0.05, 0) is 69.1 Å². The largest absolute Gasteiger partial charge is 0.494 e. The van der Waals surface area contributed by atoms with Gasteiger partial charge in [-0.1, -0.05) is 18.2 Å². The molecule has 1 aliphatic carbocycles. The molecule has 4 heterocycles. The minimum atomic E-state index is -0.614. The second kappa shape index (κ2) is 10.8. The number of rotatable bonds is 5. The Morgan fingerprint density at radius 1 is 1.05 bits per heavy atom. The first-order chi connectivity index (χ1) is 19.3. The number of hydrogen-bond donors (Lipinski definition) is 2. The predicted molar refractivity (Wildman–Crippen MR) is 154 cm³/mol. The fraction of sp³-hybridized carbons (Fsp3) is 0.448. The summed E-state index contributed by atoms with van der Waals surface area (Å²) in [6.07, 6.45) is 6.66. The molecule has 0 radical (unpaired) electrons. The van der Waals surface area contributed by atoms with Crippen LogP contribution in [0, 0.1) is 5.82 Å². The molecule has 1 amide bonds. The van der Waals surface area contributed by atoms with Crippen LogP contribution in [0.5, 0.6) is 5.88 Å². The number of fused-ring (bicyclic) bond motifs is 2. The van der Waals surface area contributed by atoms with E-state index in [1.54, 1.807) is 22.3 Å². The van der Waals surface area contributed by atoms with E-state index in [0.717, 1.165) is 35.9 Å². The van der Waals surface area contributed by atoms with E-state index in [1.165, 1.54) is 10.6 Å². The second-order valence-electron chi connectivity index (χ2n) is 10.8. The van der Waals surface area contributed by atoms with E-state index in [2.05, 4.69) is 10.3 Å². The third-order valence-electron chi connectivity index (χ3n) is 8.41. The van der Waals surface area contributed by atoms with Crippen LogP contribution in [0.25, 0.3) is 21.8 Å². The normalized spacial score (nSPS) is 21.1. The molecule has 0 spiro atoms. The maximum Gasteiger partial charge on any atom is 0.333 e. The number of benzene rings is 1. The Morgan fingerprint density at radius 3 is 2.48 bits per heavy atom. The van der Waals surface area contributed by atoms with Gasteiger partial charge in [0.1, 0.15) is 17.5 Å². The number of aromatic hydroxyl groups is 1. The van der Waals surface area contributed by atoms with Gasteiger partial charge in [0.25, 0.3) is 5.56 Å². The third-order valence-corrected chi connectivity index (χ3v) is 9.46. The van der Waals surface area contributed by atoms with Gasteiger partial charge in [-0.15, -0.1) is 0 Å². The zero-order valence-electron chi connectivity index (χ0n) is 22.3. The van der Waals surface area contributed by atoms with Crippen molar-refractivity contribution in [3.05, 3.63) is 69.4 Å². The van der Waals surface area contributed by atoms with Gasteiger partial charge in [0, 0.05) is 35.1 Å². The molecular formula is C29H32FN5O4S. The summed E-state index contributed by atoms with van der Waals surface area (Å²) < 4.78 is 18.6. The number of pyridine rings is 1.